The Kier molecular flexibility index (Phi) is 8.33. The molecule has 1 fully saturated rings. The van der Waals surface area contributed by atoms with Gasteiger partial charge in [0, 0.05) is 39.3 Å². The van der Waals surface area contributed by atoms with Crippen molar-refractivity contribution in [3.05, 3.63) is 0 Å². The van der Waals surface area contributed by atoms with Crippen molar-refractivity contribution in [2.24, 2.45) is 5.92 Å². The van der Waals surface area contributed by atoms with Crippen LogP contribution in [0.25, 0.3) is 0 Å². The van der Waals surface area contributed by atoms with E-state index in [1.165, 1.54) is 0 Å². The van der Waals surface area contributed by atoms with E-state index in [0.29, 0.717) is 13.1 Å². The van der Waals surface area contributed by atoms with Gasteiger partial charge in [-0.3, -0.25) is 19.4 Å². The minimum absolute atomic E-state index is 0.0457. The molecule has 1 aliphatic heterocycles. The average molecular weight is 351 g/mol. The number of likely N-dealkylation sites (N-methyl/N-ethyl adjacent to an activating group) is 1. The van der Waals surface area contributed by atoms with E-state index in [-0.39, 0.29) is 17.7 Å². The maximum Gasteiger partial charge on any atom is 0.236 e. The van der Waals surface area contributed by atoms with Gasteiger partial charge >= 0.3 is 0 Å². The molecule has 1 atom stereocenters. The van der Waals surface area contributed by atoms with E-state index in [1.807, 2.05) is 32.6 Å². The number of carbonyl (C=O) groups is 2. The third-order valence-electron chi connectivity index (χ3n) is 5.09. The molecule has 0 aromatic rings. The van der Waals surface area contributed by atoms with E-state index in [9.17, 15) is 14.9 Å². The molecular formula is C18H33N5O2. The van der Waals surface area contributed by atoms with Gasteiger partial charge in [-0.1, -0.05) is 13.8 Å². The molecule has 1 N–H and O–H groups in total. The highest BCUT2D eigenvalue weighted by atomic mass is 16.2. The fourth-order valence-corrected chi connectivity index (χ4v) is 2.81. The molecular weight excluding hydrogens is 318 g/mol. The van der Waals surface area contributed by atoms with Gasteiger partial charge in [0.05, 0.1) is 19.2 Å². The fourth-order valence-electron chi connectivity index (χ4n) is 2.81. The number of nitriles is 1. The third kappa shape index (κ3) is 6.29. The van der Waals surface area contributed by atoms with Gasteiger partial charge in [0.1, 0.15) is 5.54 Å². The van der Waals surface area contributed by atoms with Crippen LogP contribution in [0.15, 0.2) is 0 Å². The topological polar surface area (TPSA) is 79.7 Å². The summed E-state index contributed by atoms with van der Waals surface area (Å²) in [6.45, 7) is 14.9. The van der Waals surface area contributed by atoms with Crippen LogP contribution in [0.1, 0.15) is 34.6 Å². The minimum atomic E-state index is -0.838. The van der Waals surface area contributed by atoms with Crippen LogP contribution < -0.4 is 5.32 Å². The van der Waals surface area contributed by atoms with E-state index in [4.69, 9.17) is 0 Å². The number of amides is 2. The van der Waals surface area contributed by atoms with E-state index >= 15 is 0 Å². The number of hydrogen-bond donors (Lipinski definition) is 1. The van der Waals surface area contributed by atoms with E-state index in [2.05, 4.69) is 21.2 Å². The molecule has 0 aromatic carbocycles. The lowest BCUT2D eigenvalue weighted by molar-refractivity contribution is -0.133. The Morgan fingerprint density at radius 3 is 2.00 bits per heavy atom. The van der Waals surface area contributed by atoms with Crippen LogP contribution in [0.2, 0.25) is 0 Å². The quantitative estimate of drug-likeness (QED) is 0.690. The van der Waals surface area contributed by atoms with Crippen LogP contribution in [-0.4, -0.2) is 84.4 Å². The van der Waals surface area contributed by atoms with Crippen molar-refractivity contribution in [1.82, 2.24) is 20.0 Å². The van der Waals surface area contributed by atoms with Crippen molar-refractivity contribution in [3.63, 3.8) is 0 Å². The molecule has 0 bridgehead atoms. The van der Waals surface area contributed by atoms with E-state index in [1.54, 1.807) is 6.92 Å². The molecule has 1 aliphatic rings. The van der Waals surface area contributed by atoms with Gasteiger partial charge < -0.3 is 10.2 Å². The molecule has 0 saturated carbocycles. The van der Waals surface area contributed by atoms with Gasteiger partial charge in [0.15, 0.2) is 0 Å². The first-order valence-corrected chi connectivity index (χ1v) is 9.20. The van der Waals surface area contributed by atoms with Crippen LogP contribution >= 0.6 is 0 Å². The van der Waals surface area contributed by atoms with Crippen LogP contribution in [-0.2, 0) is 9.59 Å². The highest BCUT2D eigenvalue weighted by molar-refractivity contribution is 5.79. The normalized spacial score (nSPS) is 18.4. The van der Waals surface area contributed by atoms with Gasteiger partial charge in [-0.15, -0.1) is 0 Å². The van der Waals surface area contributed by atoms with Crippen LogP contribution in [0.5, 0.6) is 0 Å². The van der Waals surface area contributed by atoms with Crippen molar-refractivity contribution in [3.8, 4) is 6.07 Å². The highest BCUT2D eigenvalue weighted by Crippen LogP contribution is 2.15. The molecule has 0 spiro atoms. The van der Waals surface area contributed by atoms with Gasteiger partial charge in [-0.2, -0.15) is 5.26 Å². The number of carbonyl (C=O) groups excluding carboxylic acids is 2. The molecule has 25 heavy (non-hydrogen) atoms. The number of nitrogens with zero attached hydrogens (tertiary/aromatic N) is 4. The summed E-state index contributed by atoms with van der Waals surface area (Å²) in [5, 5.41) is 12.1. The zero-order chi connectivity index (χ0) is 19.0. The predicted molar refractivity (Wildman–Crippen MR) is 97.8 cm³/mol. The Morgan fingerprint density at radius 1 is 1.12 bits per heavy atom. The molecule has 142 valence electrons. The number of rotatable bonds is 8. The third-order valence-corrected chi connectivity index (χ3v) is 5.09. The predicted octanol–water partition coefficient (Wildman–Crippen LogP) is 0.527. The zero-order valence-corrected chi connectivity index (χ0v) is 16.3. The zero-order valence-electron chi connectivity index (χ0n) is 16.3. The molecule has 1 unspecified atom stereocenters. The van der Waals surface area contributed by atoms with Crippen molar-refractivity contribution < 1.29 is 9.59 Å². The summed E-state index contributed by atoms with van der Waals surface area (Å²) in [5.41, 5.74) is -0.838. The second kappa shape index (κ2) is 9.73. The van der Waals surface area contributed by atoms with E-state index < -0.39 is 5.54 Å². The lowest BCUT2D eigenvalue weighted by Gasteiger charge is -2.35. The Morgan fingerprint density at radius 2 is 1.60 bits per heavy atom. The molecule has 2 amide bonds. The second-order valence-electron chi connectivity index (χ2n) is 7.14. The molecule has 7 nitrogen and oxygen atoms in total. The van der Waals surface area contributed by atoms with Crippen LogP contribution in [0.4, 0.5) is 0 Å². The molecule has 0 radical (unpaired) electrons. The Hall–Kier alpha value is -1.65. The second-order valence-corrected chi connectivity index (χ2v) is 7.14. The minimum Gasteiger partial charge on any atom is -0.342 e. The molecule has 1 heterocycles. The Bertz CT molecular complexity index is 490. The Balaban J connectivity index is 2.41. The lowest BCUT2D eigenvalue weighted by atomic mass is 9.90. The summed E-state index contributed by atoms with van der Waals surface area (Å²) in [7, 11) is 0. The first-order valence-electron chi connectivity index (χ1n) is 9.20. The maximum absolute atomic E-state index is 12.2. The summed E-state index contributed by atoms with van der Waals surface area (Å²) in [6.07, 6.45) is 0. The van der Waals surface area contributed by atoms with Crippen molar-refractivity contribution >= 4 is 11.8 Å². The van der Waals surface area contributed by atoms with Crippen molar-refractivity contribution in [1.29, 1.82) is 5.26 Å². The van der Waals surface area contributed by atoms with Gasteiger partial charge in [0.2, 0.25) is 11.8 Å². The van der Waals surface area contributed by atoms with Crippen LogP contribution in [0, 0.1) is 17.2 Å². The average Bonchev–Trinajstić information content (AvgIpc) is 2.57. The molecule has 0 aliphatic carbocycles. The number of nitrogens with one attached hydrogen (secondary N) is 1. The molecule has 1 rings (SSSR count). The molecule has 0 aromatic heterocycles. The summed E-state index contributed by atoms with van der Waals surface area (Å²) in [6, 6.07) is 2.20. The van der Waals surface area contributed by atoms with Crippen molar-refractivity contribution in [2.75, 3.05) is 52.4 Å². The van der Waals surface area contributed by atoms with Crippen molar-refractivity contribution in [2.45, 2.75) is 40.2 Å². The first-order chi connectivity index (χ1) is 11.8. The van der Waals surface area contributed by atoms with E-state index in [0.717, 1.165) is 39.3 Å². The van der Waals surface area contributed by atoms with Gasteiger partial charge in [-0.05, 0) is 26.7 Å². The standard InChI is InChI=1S/C18H33N5O2/c1-6-23(7-2)17(25)13-22-10-8-21(9-11-22)12-16(24)20-18(5,14-19)15(3)4/h15H,6-13H2,1-5H3,(H,20,24). The lowest BCUT2D eigenvalue weighted by Crippen LogP contribution is -2.55. The Labute approximate surface area is 151 Å². The summed E-state index contributed by atoms with van der Waals surface area (Å²) in [4.78, 5) is 30.5. The SMILES string of the molecule is CCN(CC)C(=O)CN1CCN(CC(=O)NC(C)(C#N)C(C)C)CC1. The molecule has 7 heteroatoms. The van der Waals surface area contributed by atoms with Crippen LogP contribution in [0.3, 0.4) is 0 Å². The summed E-state index contributed by atoms with van der Waals surface area (Å²) < 4.78 is 0. The monoisotopic (exact) mass is 351 g/mol. The summed E-state index contributed by atoms with van der Waals surface area (Å²) >= 11 is 0. The number of hydrogen-bond acceptors (Lipinski definition) is 5. The van der Waals surface area contributed by atoms with Gasteiger partial charge in [0.25, 0.3) is 0 Å². The fraction of sp³-hybridized carbons (Fsp3) is 0.833. The highest BCUT2D eigenvalue weighted by Gasteiger charge is 2.31. The maximum atomic E-state index is 12.2. The largest absolute Gasteiger partial charge is 0.342 e. The first kappa shape index (κ1) is 21.4. The van der Waals surface area contributed by atoms with Gasteiger partial charge in [-0.25, -0.2) is 0 Å². The molecule has 1 saturated heterocycles. The summed E-state index contributed by atoms with van der Waals surface area (Å²) in [5.74, 6) is 0.0905. The smallest absolute Gasteiger partial charge is 0.236 e. The number of piperazine rings is 1.